The molecule has 2 heterocycles. The fourth-order valence-corrected chi connectivity index (χ4v) is 4.29. The van der Waals surface area contributed by atoms with Crippen LogP contribution >= 0.6 is 11.8 Å². The van der Waals surface area contributed by atoms with Crippen molar-refractivity contribution < 1.29 is 9.47 Å². The van der Waals surface area contributed by atoms with Crippen LogP contribution in [-0.2, 0) is 6.42 Å². The smallest absolute Gasteiger partial charge is 0.212 e. The van der Waals surface area contributed by atoms with E-state index in [1.165, 1.54) is 11.1 Å². The third-order valence-corrected chi connectivity index (χ3v) is 6.21. The first-order valence-corrected chi connectivity index (χ1v) is 10.4. The number of thioether (sulfide) groups is 1. The van der Waals surface area contributed by atoms with Gasteiger partial charge in [0.25, 0.3) is 0 Å². The van der Waals surface area contributed by atoms with Crippen molar-refractivity contribution in [2.75, 3.05) is 14.2 Å². The summed E-state index contributed by atoms with van der Waals surface area (Å²) in [6.07, 6.45) is 0.603. The number of hydrogen-bond donors (Lipinski definition) is 0. The minimum absolute atomic E-state index is 0.211. The van der Waals surface area contributed by atoms with Gasteiger partial charge in [0, 0.05) is 6.42 Å². The Kier molecular flexibility index (Phi) is 5.32. The molecule has 0 unspecified atom stereocenters. The van der Waals surface area contributed by atoms with Crippen molar-refractivity contribution in [3.05, 3.63) is 64.5 Å². The highest BCUT2D eigenvalue weighted by atomic mass is 32.2. The molecule has 7 heteroatoms. The summed E-state index contributed by atoms with van der Waals surface area (Å²) in [5.74, 6) is 2.21. The Balaban J connectivity index is 1.69. The molecule has 0 aliphatic carbocycles. The van der Waals surface area contributed by atoms with Crippen LogP contribution in [0.5, 0.6) is 11.5 Å². The van der Waals surface area contributed by atoms with E-state index in [1.807, 2.05) is 22.9 Å². The van der Waals surface area contributed by atoms with Gasteiger partial charge in [-0.1, -0.05) is 30.0 Å². The quantitative estimate of drug-likeness (QED) is 0.632. The number of fused-ring (bicyclic) bond motifs is 1. The second-order valence-corrected chi connectivity index (χ2v) is 8.43. The second-order valence-electron chi connectivity index (χ2n) is 7.12. The van der Waals surface area contributed by atoms with Crippen molar-refractivity contribution >= 4 is 17.5 Å². The first kappa shape index (κ1) is 19.5. The summed E-state index contributed by atoms with van der Waals surface area (Å²) in [6.45, 7) is 6.41. The van der Waals surface area contributed by atoms with E-state index >= 15 is 0 Å². The van der Waals surface area contributed by atoms with Gasteiger partial charge in [-0.25, -0.2) is 0 Å². The maximum Gasteiger partial charge on any atom is 0.212 e. The summed E-state index contributed by atoms with van der Waals surface area (Å²) < 4.78 is 12.6. The van der Waals surface area contributed by atoms with Gasteiger partial charge < -0.3 is 9.47 Å². The van der Waals surface area contributed by atoms with Gasteiger partial charge >= 0.3 is 0 Å². The van der Waals surface area contributed by atoms with Crippen LogP contribution in [-0.4, -0.2) is 40.1 Å². The van der Waals surface area contributed by atoms with Crippen LogP contribution in [0.15, 0.2) is 46.7 Å². The number of aryl methyl sites for hydroxylation is 2. The van der Waals surface area contributed by atoms with Gasteiger partial charge in [0.1, 0.15) is 0 Å². The molecular weight excluding hydrogens is 384 g/mol. The third kappa shape index (κ3) is 3.74. The number of ether oxygens (including phenoxy) is 2. The molecule has 0 saturated heterocycles. The Hall–Kier alpha value is -2.80. The average molecular weight is 409 g/mol. The Morgan fingerprint density at radius 1 is 0.966 bits per heavy atom. The van der Waals surface area contributed by atoms with Crippen LogP contribution in [0.3, 0.4) is 0 Å². The molecule has 150 valence electrons. The van der Waals surface area contributed by atoms with Crippen LogP contribution in [0.25, 0.3) is 0 Å². The first-order valence-electron chi connectivity index (χ1n) is 9.48. The Morgan fingerprint density at radius 2 is 1.76 bits per heavy atom. The molecule has 4 rings (SSSR count). The van der Waals surface area contributed by atoms with Crippen LogP contribution in [0.4, 0.5) is 0 Å². The lowest BCUT2D eigenvalue weighted by Crippen LogP contribution is -2.22. The molecule has 0 N–H and O–H groups in total. The molecule has 0 bridgehead atoms. The predicted molar refractivity (Wildman–Crippen MR) is 116 cm³/mol. The standard InChI is InChI=1S/C22H24N4O2S/c1-13-6-8-17(10-14(13)2)21-15(3)29-22-24-23-20(26(22)25-21)12-16-7-9-18(27-4)19(11-16)28-5/h6-11,15H,12H2,1-5H3/t15-/m0/s1. The fourth-order valence-electron chi connectivity index (χ4n) is 3.35. The summed E-state index contributed by atoms with van der Waals surface area (Å²) in [5.41, 5.74) is 5.79. The molecule has 1 atom stereocenters. The van der Waals surface area contributed by atoms with E-state index in [-0.39, 0.29) is 5.25 Å². The van der Waals surface area contributed by atoms with Crippen molar-refractivity contribution in [3.8, 4) is 11.5 Å². The van der Waals surface area contributed by atoms with Crippen LogP contribution in [0.1, 0.15) is 35.0 Å². The maximum atomic E-state index is 5.42. The molecule has 2 aromatic carbocycles. The van der Waals surface area contributed by atoms with Gasteiger partial charge in [-0.15, -0.1) is 10.2 Å². The minimum atomic E-state index is 0.211. The summed E-state index contributed by atoms with van der Waals surface area (Å²) in [6, 6.07) is 12.4. The molecule has 1 aromatic heterocycles. The van der Waals surface area contributed by atoms with Crippen LogP contribution in [0, 0.1) is 13.8 Å². The van der Waals surface area contributed by atoms with Gasteiger partial charge in [0.15, 0.2) is 17.3 Å². The molecule has 29 heavy (non-hydrogen) atoms. The van der Waals surface area contributed by atoms with E-state index < -0.39 is 0 Å². The molecule has 0 radical (unpaired) electrons. The van der Waals surface area contributed by atoms with Crippen molar-refractivity contribution in [1.29, 1.82) is 0 Å². The lowest BCUT2D eigenvalue weighted by molar-refractivity contribution is 0.354. The van der Waals surface area contributed by atoms with E-state index in [2.05, 4.69) is 49.2 Å². The molecule has 1 aliphatic heterocycles. The van der Waals surface area contributed by atoms with Crippen LogP contribution in [0.2, 0.25) is 0 Å². The van der Waals surface area contributed by atoms with E-state index in [0.29, 0.717) is 17.9 Å². The zero-order valence-corrected chi connectivity index (χ0v) is 18.1. The number of rotatable bonds is 5. The minimum Gasteiger partial charge on any atom is -0.493 e. The van der Waals surface area contributed by atoms with Gasteiger partial charge in [-0.3, -0.25) is 0 Å². The van der Waals surface area contributed by atoms with E-state index in [0.717, 1.165) is 27.8 Å². The number of nitrogens with zero attached hydrogens (tertiary/aromatic N) is 4. The normalized spacial score (nSPS) is 15.6. The number of methoxy groups -OCH3 is 2. The van der Waals surface area contributed by atoms with Gasteiger partial charge in [0.05, 0.1) is 25.2 Å². The first-order chi connectivity index (χ1) is 14.0. The monoisotopic (exact) mass is 408 g/mol. The lowest BCUT2D eigenvalue weighted by atomic mass is 10.0. The molecule has 0 amide bonds. The molecule has 0 spiro atoms. The lowest BCUT2D eigenvalue weighted by Gasteiger charge is -2.20. The van der Waals surface area contributed by atoms with Crippen molar-refractivity contribution in [1.82, 2.24) is 14.9 Å². The van der Waals surface area contributed by atoms with Crippen molar-refractivity contribution in [3.63, 3.8) is 0 Å². The number of benzene rings is 2. The SMILES string of the molecule is COc1ccc(Cc2nnc3n2N=C(c2ccc(C)c(C)c2)[C@H](C)S3)cc1OC. The van der Waals surface area contributed by atoms with E-state index in [1.54, 1.807) is 26.0 Å². The molecule has 6 nitrogen and oxygen atoms in total. The predicted octanol–water partition coefficient (Wildman–Crippen LogP) is 4.25. The second kappa shape index (κ2) is 7.91. The molecule has 1 aliphatic rings. The summed E-state index contributed by atoms with van der Waals surface area (Å²) in [4.78, 5) is 0. The van der Waals surface area contributed by atoms with E-state index in [9.17, 15) is 0 Å². The highest BCUT2D eigenvalue weighted by molar-refractivity contribution is 8.00. The summed E-state index contributed by atoms with van der Waals surface area (Å²) >= 11 is 1.68. The van der Waals surface area contributed by atoms with E-state index in [4.69, 9.17) is 14.6 Å². The Labute approximate surface area is 175 Å². The highest BCUT2D eigenvalue weighted by Gasteiger charge is 2.26. The fraction of sp³-hybridized carbons (Fsp3) is 0.318. The zero-order valence-electron chi connectivity index (χ0n) is 17.3. The van der Waals surface area contributed by atoms with Crippen molar-refractivity contribution in [2.45, 2.75) is 37.6 Å². The Morgan fingerprint density at radius 3 is 2.48 bits per heavy atom. The van der Waals surface area contributed by atoms with Gasteiger partial charge in [-0.05, 0) is 61.2 Å². The number of aromatic nitrogens is 3. The van der Waals surface area contributed by atoms with Crippen LogP contribution < -0.4 is 9.47 Å². The highest BCUT2D eigenvalue weighted by Crippen LogP contribution is 2.32. The zero-order chi connectivity index (χ0) is 20.5. The summed E-state index contributed by atoms with van der Waals surface area (Å²) in [5, 5.41) is 14.7. The topological polar surface area (TPSA) is 61.5 Å². The van der Waals surface area contributed by atoms with Gasteiger partial charge in [-0.2, -0.15) is 9.78 Å². The Bertz CT molecular complexity index is 1090. The summed E-state index contributed by atoms with van der Waals surface area (Å²) in [7, 11) is 3.27. The largest absolute Gasteiger partial charge is 0.493 e. The van der Waals surface area contributed by atoms with Crippen molar-refractivity contribution in [2.24, 2.45) is 5.10 Å². The molecule has 0 saturated carbocycles. The maximum absolute atomic E-state index is 5.42. The third-order valence-electron chi connectivity index (χ3n) is 5.16. The number of hydrogen-bond acceptors (Lipinski definition) is 6. The molecular formula is C22H24N4O2S. The average Bonchev–Trinajstić information content (AvgIpc) is 3.10. The van der Waals surface area contributed by atoms with Gasteiger partial charge in [0.2, 0.25) is 5.16 Å². The molecule has 3 aromatic rings. The molecule has 0 fully saturated rings.